The van der Waals surface area contributed by atoms with E-state index in [1.165, 1.54) is 0 Å². The van der Waals surface area contributed by atoms with E-state index in [1.807, 2.05) is 72.8 Å². The standard InChI is InChI=1S/C28H30O3P2/c29-32(30)31-33(21-25-13-5-1-6-14-25,22-26-15-7-2-8-16-26,23-27-17-9-3-10-18-27)24-28-19-11-4-12-20-28/h1-20,29-30H,21-24H2. The van der Waals surface area contributed by atoms with Gasteiger partial charge in [0.25, 0.3) is 0 Å². The molecule has 0 saturated heterocycles. The van der Waals surface area contributed by atoms with Crippen LogP contribution in [-0.2, 0) is 29.0 Å². The van der Waals surface area contributed by atoms with Gasteiger partial charge in [0.05, 0.1) is 0 Å². The molecule has 4 aromatic carbocycles. The maximum absolute atomic E-state index is 10.4. The van der Waals surface area contributed by atoms with E-state index in [0.717, 1.165) is 22.3 Å². The van der Waals surface area contributed by atoms with Crippen molar-refractivity contribution >= 4 is 15.4 Å². The molecule has 0 fully saturated rings. The second-order valence-electron chi connectivity index (χ2n) is 8.77. The Morgan fingerprint density at radius 1 is 0.455 bits per heavy atom. The Hall–Kier alpha value is -2.38. The van der Waals surface area contributed by atoms with Gasteiger partial charge in [-0.1, -0.05) is 0 Å². The molecule has 0 radical (unpaired) electrons. The first-order valence-electron chi connectivity index (χ1n) is 11.1. The second-order valence-corrected chi connectivity index (χ2v) is 14.9. The molecule has 0 saturated carbocycles. The summed E-state index contributed by atoms with van der Waals surface area (Å²) in [5.41, 5.74) is 4.59. The molecule has 0 aromatic heterocycles. The van der Waals surface area contributed by atoms with Crippen molar-refractivity contribution < 1.29 is 14.1 Å². The maximum atomic E-state index is 10.4. The van der Waals surface area contributed by atoms with Crippen LogP contribution in [0.3, 0.4) is 0 Å². The Morgan fingerprint density at radius 3 is 0.909 bits per heavy atom. The molecular formula is C28H30O3P2. The van der Waals surface area contributed by atoms with Crippen LogP contribution in [0.2, 0.25) is 0 Å². The zero-order chi connectivity index (χ0) is 23.0. The summed E-state index contributed by atoms with van der Waals surface area (Å²) in [6, 6.07) is 41.2. The molecule has 4 rings (SSSR count). The Morgan fingerprint density at radius 2 is 0.697 bits per heavy atom. The molecular weight excluding hydrogens is 446 g/mol. The van der Waals surface area contributed by atoms with E-state index in [0.29, 0.717) is 24.6 Å². The Labute approximate surface area is 197 Å². The van der Waals surface area contributed by atoms with Crippen LogP contribution in [0.4, 0.5) is 0 Å². The van der Waals surface area contributed by atoms with Crippen molar-refractivity contribution in [1.29, 1.82) is 0 Å². The zero-order valence-electron chi connectivity index (χ0n) is 18.6. The fraction of sp³-hybridized carbons (Fsp3) is 0.143. The first-order valence-corrected chi connectivity index (χ1v) is 15.1. The van der Waals surface area contributed by atoms with Crippen molar-refractivity contribution in [2.24, 2.45) is 0 Å². The van der Waals surface area contributed by atoms with Gasteiger partial charge in [-0.2, -0.15) is 0 Å². The van der Waals surface area contributed by atoms with Gasteiger partial charge in [0, 0.05) is 0 Å². The second kappa shape index (κ2) is 10.7. The van der Waals surface area contributed by atoms with Crippen LogP contribution in [0, 0.1) is 0 Å². The van der Waals surface area contributed by atoms with E-state index in [2.05, 4.69) is 48.5 Å². The quantitative estimate of drug-likeness (QED) is 0.233. The molecule has 0 heterocycles. The van der Waals surface area contributed by atoms with Gasteiger partial charge in [0.1, 0.15) is 0 Å². The fourth-order valence-corrected chi connectivity index (χ4v) is 12.6. The number of hydrogen-bond donors (Lipinski definition) is 2. The number of hydrogen-bond acceptors (Lipinski definition) is 3. The SMILES string of the molecule is OP(O)OP(Cc1ccccc1)(Cc1ccccc1)(Cc1ccccc1)Cc1ccccc1. The van der Waals surface area contributed by atoms with Gasteiger partial charge in [0.15, 0.2) is 0 Å². The van der Waals surface area contributed by atoms with Crippen LogP contribution in [0.5, 0.6) is 0 Å². The molecule has 3 nitrogen and oxygen atoms in total. The van der Waals surface area contributed by atoms with Crippen molar-refractivity contribution in [3.05, 3.63) is 144 Å². The summed E-state index contributed by atoms with van der Waals surface area (Å²) in [6.45, 7) is -3.36. The van der Waals surface area contributed by atoms with Crippen molar-refractivity contribution in [3.63, 3.8) is 0 Å². The van der Waals surface area contributed by atoms with Crippen LogP contribution in [-0.4, -0.2) is 9.79 Å². The average Bonchev–Trinajstić information content (AvgIpc) is 2.81. The van der Waals surface area contributed by atoms with E-state index in [-0.39, 0.29) is 0 Å². The van der Waals surface area contributed by atoms with Gasteiger partial charge >= 0.3 is 198 Å². The van der Waals surface area contributed by atoms with E-state index in [1.54, 1.807) is 0 Å². The van der Waals surface area contributed by atoms with Crippen LogP contribution < -0.4 is 0 Å². The predicted octanol–water partition coefficient (Wildman–Crippen LogP) is 7.48. The third kappa shape index (κ3) is 6.36. The molecule has 0 atom stereocenters. The van der Waals surface area contributed by atoms with E-state index in [4.69, 9.17) is 4.31 Å². The van der Waals surface area contributed by atoms with E-state index in [9.17, 15) is 9.79 Å². The van der Waals surface area contributed by atoms with Gasteiger partial charge in [-0.05, 0) is 0 Å². The van der Waals surface area contributed by atoms with Gasteiger partial charge in [0.2, 0.25) is 0 Å². The van der Waals surface area contributed by atoms with E-state index >= 15 is 0 Å². The molecule has 0 aliphatic heterocycles. The molecule has 0 amide bonds. The van der Waals surface area contributed by atoms with Crippen molar-refractivity contribution in [3.8, 4) is 0 Å². The van der Waals surface area contributed by atoms with E-state index < -0.39 is 15.4 Å². The third-order valence-corrected chi connectivity index (χ3v) is 13.1. The first kappa shape index (κ1) is 23.8. The van der Waals surface area contributed by atoms with Crippen molar-refractivity contribution in [2.45, 2.75) is 24.6 Å². The molecule has 0 bridgehead atoms. The predicted molar refractivity (Wildman–Crippen MR) is 140 cm³/mol. The summed E-state index contributed by atoms with van der Waals surface area (Å²) >= 11 is 0. The minimum atomic E-state index is -3.36. The van der Waals surface area contributed by atoms with Crippen LogP contribution >= 0.6 is 15.4 Å². The summed E-state index contributed by atoms with van der Waals surface area (Å²) in [7, 11) is -2.56. The van der Waals surface area contributed by atoms with Crippen LogP contribution in [0.25, 0.3) is 0 Å². The monoisotopic (exact) mass is 476 g/mol. The molecule has 33 heavy (non-hydrogen) atoms. The normalized spacial score (nSPS) is 12.9. The third-order valence-electron chi connectivity index (χ3n) is 6.01. The molecule has 170 valence electrons. The van der Waals surface area contributed by atoms with Crippen LogP contribution in [0.15, 0.2) is 121 Å². The molecule has 0 aliphatic carbocycles. The summed E-state index contributed by atoms with van der Waals surface area (Å²) in [5, 5.41) is 0. The molecule has 0 spiro atoms. The molecule has 0 aliphatic rings. The minimum absolute atomic E-state index is 0.658. The molecule has 0 unspecified atom stereocenters. The van der Waals surface area contributed by atoms with Gasteiger partial charge in [-0.15, -0.1) is 0 Å². The van der Waals surface area contributed by atoms with Crippen LogP contribution in [0.1, 0.15) is 22.3 Å². The average molecular weight is 476 g/mol. The summed E-state index contributed by atoms with van der Waals surface area (Å²) in [5.74, 6) is 0. The Balaban J connectivity index is 1.94. The molecule has 4 aromatic rings. The summed E-state index contributed by atoms with van der Waals surface area (Å²) < 4.78 is 6.55. The van der Waals surface area contributed by atoms with Crippen molar-refractivity contribution in [1.82, 2.24) is 0 Å². The number of benzene rings is 4. The summed E-state index contributed by atoms with van der Waals surface area (Å²) in [4.78, 5) is 20.8. The fourth-order valence-electron chi connectivity index (χ4n) is 4.84. The topological polar surface area (TPSA) is 49.7 Å². The molecule has 2 N–H and O–H groups in total. The zero-order valence-corrected chi connectivity index (χ0v) is 20.4. The van der Waals surface area contributed by atoms with Gasteiger partial charge in [-0.3, -0.25) is 0 Å². The molecule has 5 heteroatoms. The van der Waals surface area contributed by atoms with Gasteiger partial charge in [-0.25, -0.2) is 0 Å². The Bertz CT molecular complexity index is 943. The number of rotatable bonds is 10. The first-order chi connectivity index (χ1) is 16.0. The van der Waals surface area contributed by atoms with Crippen molar-refractivity contribution in [2.75, 3.05) is 0 Å². The van der Waals surface area contributed by atoms with Gasteiger partial charge < -0.3 is 0 Å². The summed E-state index contributed by atoms with van der Waals surface area (Å²) in [6.07, 6.45) is 2.63. The Kier molecular flexibility index (Phi) is 7.71.